The third kappa shape index (κ3) is 4.69. The molecule has 3 heterocycles. The monoisotopic (exact) mass is 444 g/mol. The summed E-state index contributed by atoms with van der Waals surface area (Å²) in [5, 5.41) is 17.6. The second-order valence-electron chi connectivity index (χ2n) is 7.83. The number of fused-ring (bicyclic) bond motifs is 3. The topological polar surface area (TPSA) is 112 Å². The van der Waals surface area contributed by atoms with Gasteiger partial charge in [0, 0.05) is 48.8 Å². The molecule has 0 atom stereocenters. The third-order valence-corrected chi connectivity index (χ3v) is 5.63. The summed E-state index contributed by atoms with van der Waals surface area (Å²) in [6.07, 6.45) is 1.76. The van der Waals surface area contributed by atoms with Crippen LogP contribution >= 0.6 is 0 Å². The van der Waals surface area contributed by atoms with Gasteiger partial charge in [0.2, 0.25) is 5.95 Å². The molecule has 0 bridgehead atoms. The molecule has 2 aromatic heterocycles. The number of carbonyl (C=O) groups is 1. The van der Waals surface area contributed by atoms with Crippen LogP contribution in [0.25, 0.3) is 21.8 Å². The average Bonchev–Trinajstić information content (AvgIpc) is 2.85. The van der Waals surface area contributed by atoms with Crippen LogP contribution in [0.15, 0.2) is 54.7 Å². The summed E-state index contributed by atoms with van der Waals surface area (Å²) >= 11 is 0. The number of para-hydroxylation sites is 1. The number of morpholine rings is 1. The molecule has 0 unspecified atom stereocenters. The normalized spacial score (nSPS) is 14.4. The zero-order valence-electron chi connectivity index (χ0n) is 18.0. The van der Waals surface area contributed by atoms with E-state index in [4.69, 9.17) is 14.7 Å². The van der Waals surface area contributed by atoms with E-state index in [1.807, 2.05) is 30.3 Å². The first-order chi connectivity index (χ1) is 16.2. The number of ether oxygens (including phenoxy) is 1. The van der Waals surface area contributed by atoms with Gasteiger partial charge in [-0.15, -0.1) is 0 Å². The molecule has 1 fully saturated rings. The van der Waals surface area contributed by atoms with Crippen LogP contribution in [0.4, 0.5) is 17.5 Å². The number of carboxylic acids is 1. The predicted molar refractivity (Wildman–Crippen MR) is 127 cm³/mol. The number of hydrogen-bond acceptors (Lipinski definition) is 8. The van der Waals surface area contributed by atoms with E-state index in [1.54, 1.807) is 24.4 Å². The highest BCUT2D eigenvalue weighted by molar-refractivity contribution is 6.10. The maximum atomic E-state index is 11.5. The van der Waals surface area contributed by atoms with Gasteiger partial charge in [0.15, 0.2) is 5.82 Å². The van der Waals surface area contributed by atoms with Crippen LogP contribution in [0.1, 0.15) is 10.4 Å². The SMILES string of the molecule is O=C(O)c1ccc2c(c1)nc(Nc1ccccc1)c1nc(NCCN3CCOCC3)ncc12. The number of carboxylic acid groups (broad SMARTS) is 1. The summed E-state index contributed by atoms with van der Waals surface area (Å²) in [6.45, 7) is 5.00. The fourth-order valence-electron chi connectivity index (χ4n) is 3.90. The van der Waals surface area contributed by atoms with Crippen LogP contribution in [0.2, 0.25) is 0 Å². The number of pyridine rings is 1. The van der Waals surface area contributed by atoms with E-state index in [1.165, 1.54) is 0 Å². The number of benzene rings is 2. The van der Waals surface area contributed by atoms with Gasteiger partial charge in [-0.2, -0.15) is 0 Å². The first kappa shape index (κ1) is 21.0. The van der Waals surface area contributed by atoms with E-state index in [2.05, 4.69) is 20.5 Å². The van der Waals surface area contributed by atoms with Crippen molar-refractivity contribution in [3.63, 3.8) is 0 Å². The number of rotatable bonds is 7. The lowest BCUT2D eigenvalue weighted by molar-refractivity contribution is 0.0398. The van der Waals surface area contributed by atoms with Gasteiger partial charge in [0.1, 0.15) is 5.52 Å². The van der Waals surface area contributed by atoms with Crippen molar-refractivity contribution < 1.29 is 14.6 Å². The van der Waals surface area contributed by atoms with Gasteiger partial charge in [-0.3, -0.25) is 4.90 Å². The first-order valence-corrected chi connectivity index (χ1v) is 10.9. The summed E-state index contributed by atoms with van der Waals surface area (Å²) in [4.78, 5) is 27.8. The van der Waals surface area contributed by atoms with Gasteiger partial charge in [0.25, 0.3) is 0 Å². The lowest BCUT2D eigenvalue weighted by Crippen LogP contribution is -2.39. The standard InChI is InChI=1S/C24H24N6O3/c31-23(32)16-6-7-18-19-15-26-24(25-8-9-30-10-12-33-13-11-30)29-21(19)22(28-20(18)14-16)27-17-4-2-1-3-5-17/h1-7,14-15H,8-13H2,(H,27,28)(H,31,32)(H,25,26,29). The Bertz CT molecular complexity index is 1290. The highest BCUT2D eigenvalue weighted by Gasteiger charge is 2.15. The lowest BCUT2D eigenvalue weighted by Gasteiger charge is -2.26. The van der Waals surface area contributed by atoms with Gasteiger partial charge in [-0.25, -0.2) is 19.7 Å². The Morgan fingerprint density at radius 1 is 1.06 bits per heavy atom. The maximum Gasteiger partial charge on any atom is 0.335 e. The highest BCUT2D eigenvalue weighted by atomic mass is 16.5. The molecule has 168 valence electrons. The van der Waals surface area contributed by atoms with Crippen LogP contribution < -0.4 is 10.6 Å². The second-order valence-corrected chi connectivity index (χ2v) is 7.83. The number of anilines is 3. The smallest absolute Gasteiger partial charge is 0.335 e. The Labute approximate surface area is 190 Å². The summed E-state index contributed by atoms with van der Waals surface area (Å²) in [5.74, 6) is 0.0764. The van der Waals surface area contributed by atoms with Crippen molar-refractivity contribution >= 4 is 45.2 Å². The van der Waals surface area contributed by atoms with Crippen molar-refractivity contribution in [3.8, 4) is 0 Å². The zero-order chi connectivity index (χ0) is 22.6. The average molecular weight is 444 g/mol. The van der Waals surface area contributed by atoms with E-state index in [0.29, 0.717) is 22.8 Å². The molecular formula is C24H24N6O3. The van der Waals surface area contributed by atoms with Crippen LogP contribution in [-0.2, 0) is 4.74 Å². The lowest BCUT2D eigenvalue weighted by atomic mass is 10.1. The molecule has 33 heavy (non-hydrogen) atoms. The minimum absolute atomic E-state index is 0.183. The summed E-state index contributed by atoms with van der Waals surface area (Å²) in [5.41, 5.74) is 2.28. The van der Waals surface area contributed by atoms with E-state index >= 15 is 0 Å². The molecular weight excluding hydrogens is 420 g/mol. The Kier molecular flexibility index (Phi) is 5.97. The number of aromatic carboxylic acids is 1. The first-order valence-electron chi connectivity index (χ1n) is 10.9. The molecule has 1 aliphatic heterocycles. The van der Waals surface area contributed by atoms with Crippen LogP contribution in [0.5, 0.6) is 0 Å². The van der Waals surface area contributed by atoms with Crippen molar-refractivity contribution in [1.82, 2.24) is 19.9 Å². The summed E-state index contributed by atoms with van der Waals surface area (Å²) in [6, 6.07) is 14.6. The van der Waals surface area contributed by atoms with Crippen molar-refractivity contribution in [2.24, 2.45) is 0 Å². The molecule has 0 amide bonds. The quantitative estimate of drug-likeness (QED) is 0.369. The molecule has 0 radical (unpaired) electrons. The molecule has 0 spiro atoms. The number of hydrogen-bond donors (Lipinski definition) is 3. The summed E-state index contributed by atoms with van der Waals surface area (Å²) in [7, 11) is 0. The van der Waals surface area contributed by atoms with Gasteiger partial charge in [-0.1, -0.05) is 24.3 Å². The highest BCUT2D eigenvalue weighted by Crippen LogP contribution is 2.30. The molecule has 0 aliphatic carbocycles. The Morgan fingerprint density at radius 3 is 2.67 bits per heavy atom. The second kappa shape index (κ2) is 9.35. The molecule has 9 heteroatoms. The van der Waals surface area contributed by atoms with E-state index in [9.17, 15) is 9.90 Å². The third-order valence-electron chi connectivity index (χ3n) is 5.63. The van der Waals surface area contributed by atoms with E-state index < -0.39 is 5.97 Å². The number of nitrogens with zero attached hydrogens (tertiary/aromatic N) is 4. The van der Waals surface area contributed by atoms with Gasteiger partial charge >= 0.3 is 5.97 Å². The van der Waals surface area contributed by atoms with Gasteiger partial charge in [-0.05, 0) is 24.3 Å². The van der Waals surface area contributed by atoms with Crippen LogP contribution in [0, 0.1) is 0 Å². The van der Waals surface area contributed by atoms with Crippen LogP contribution in [0.3, 0.4) is 0 Å². The van der Waals surface area contributed by atoms with Crippen molar-refractivity contribution in [2.45, 2.75) is 0 Å². The van der Waals surface area contributed by atoms with Crippen molar-refractivity contribution in [1.29, 1.82) is 0 Å². The fourth-order valence-corrected chi connectivity index (χ4v) is 3.90. The van der Waals surface area contributed by atoms with E-state index in [-0.39, 0.29) is 5.56 Å². The Morgan fingerprint density at radius 2 is 1.88 bits per heavy atom. The predicted octanol–water partition coefficient (Wildman–Crippen LogP) is 3.36. The molecule has 1 aliphatic rings. The Hall–Kier alpha value is -3.82. The van der Waals surface area contributed by atoms with Gasteiger partial charge < -0.3 is 20.5 Å². The van der Waals surface area contributed by atoms with Crippen molar-refractivity contribution in [2.75, 3.05) is 50.0 Å². The number of aromatic nitrogens is 3. The van der Waals surface area contributed by atoms with Crippen molar-refractivity contribution in [3.05, 3.63) is 60.3 Å². The summed E-state index contributed by atoms with van der Waals surface area (Å²) < 4.78 is 5.40. The minimum atomic E-state index is -0.993. The molecule has 3 N–H and O–H groups in total. The van der Waals surface area contributed by atoms with Gasteiger partial charge in [0.05, 0.1) is 24.3 Å². The maximum absolute atomic E-state index is 11.5. The van der Waals surface area contributed by atoms with E-state index in [0.717, 1.165) is 55.9 Å². The fraction of sp³-hybridized carbons (Fsp3) is 0.250. The van der Waals surface area contributed by atoms with Crippen LogP contribution in [-0.4, -0.2) is 70.3 Å². The molecule has 1 saturated heterocycles. The molecule has 9 nitrogen and oxygen atoms in total. The molecule has 2 aromatic carbocycles. The Balaban J connectivity index is 1.50. The largest absolute Gasteiger partial charge is 0.478 e. The molecule has 0 saturated carbocycles. The minimum Gasteiger partial charge on any atom is -0.478 e. The zero-order valence-corrected chi connectivity index (χ0v) is 18.0. The number of nitrogens with one attached hydrogen (secondary N) is 2. The molecule has 5 rings (SSSR count). The molecule has 4 aromatic rings.